The maximum atomic E-state index is 13.5. The van der Waals surface area contributed by atoms with Gasteiger partial charge in [0.25, 0.3) is 10.0 Å². The monoisotopic (exact) mass is 542 g/mol. The molecule has 0 aliphatic carbocycles. The lowest BCUT2D eigenvalue weighted by atomic mass is 10.3. The molecule has 0 aliphatic heterocycles. The number of nitrogens with zero attached hydrogens (tertiary/aromatic N) is 1. The van der Waals surface area contributed by atoms with E-state index in [0.717, 1.165) is 14.1 Å². The maximum absolute atomic E-state index is 13.5. The molecule has 35 heavy (non-hydrogen) atoms. The summed E-state index contributed by atoms with van der Waals surface area (Å²) in [5.41, 5.74) is 0.686. The lowest BCUT2D eigenvalue weighted by molar-refractivity contribution is -0.114. The van der Waals surface area contributed by atoms with Crippen LogP contribution in [0.2, 0.25) is 10.0 Å². The molecule has 0 bridgehead atoms. The van der Waals surface area contributed by atoms with E-state index in [2.05, 4.69) is 5.32 Å². The Morgan fingerprint density at radius 2 is 1.46 bits per heavy atom. The van der Waals surface area contributed by atoms with E-state index >= 15 is 0 Å². The first-order valence-electron chi connectivity index (χ1n) is 10.5. The number of carbonyl (C=O) groups excluding carboxylic acids is 1. The van der Waals surface area contributed by atoms with Gasteiger partial charge in [-0.15, -0.1) is 0 Å². The molecule has 9 heteroatoms. The molecular weight excluding hydrogens is 523 g/mol. The van der Waals surface area contributed by atoms with Crippen LogP contribution in [0.4, 0.5) is 11.4 Å². The smallest absolute Gasteiger partial charge is 0.264 e. The standard InChI is InChI=1S/C26H20Cl2N2O3S2/c27-19-15-16-22(28)24(17-19)30(35(32,33)21-11-5-2-6-12-21)18-26(31)29-23-13-7-8-14-25(23)34-20-9-3-1-4-10-20/h1-17H,18H2,(H,29,31). The normalized spacial score (nSPS) is 11.1. The molecule has 0 aromatic heterocycles. The number of para-hydroxylation sites is 1. The van der Waals surface area contributed by atoms with Crippen LogP contribution in [0.3, 0.4) is 0 Å². The number of amides is 1. The number of nitrogens with one attached hydrogen (secondary N) is 1. The fourth-order valence-electron chi connectivity index (χ4n) is 3.29. The Labute approximate surface area is 218 Å². The van der Waals surface area contributed by atoms with Gasteiger partial charge in [0.2, 0.25) is 5.91 Å². The van der Waals surface area contributed by atoms with Crippen LogP contribution in [0.25, 0.3) is 0 Å². The minimum atomic E-state index is -4.12. The molecule has 1 N–H and O–H groups in total. The van der Waals surface area contributed by atoms with Crippen molar-refractivity contribution >= 4 is 62.3 Å². The summed E-state index contributed by atoms with van der Waals surface area (Å²) in [5.74, 6) is -0.526. The van der Waals surface area contributed by atoms with Gasteiger partial charge in [-0.05, 0) is 54.6 Å². The van der Waals surface area contributed by atoms with E-state index in [9.17, 15) is 13.2 Å². The van der Waals surface area contributed by atoms with Crippen molar-refractivity contribution in [1.29, 1.82) is 0 Å². The molecule has 0 heterocycles. The molecule has 0 spiro atoms. The van der Waals surface area contributed by atoms with Gasteiger partial charge in [-0.1, -0.05) is 83.5 Å². The predicted molar refractivity (Wildman–Crippen MR) is 143 cm³/mol. The first kappa shape index (κ1) is 25.1. The Hall–Kier alpha value is -2.97. The van der Waals surface area contributed by atoms with Crippen molar-refractivity contribution in [3.8, 4) is 0 Å². The summed E-state index contributed by atoms with van der Waals surface area (Å²) in [6.07, 6.45) is 0. The highest BCUT2D eigenvalue weighted by molar-refractivity contribution is 7.99. The molecule has 5 nitrogen and oxygen atoms in total. The highest BCUT2D eigenvalue weighted by Crippen LogP contribution is 2.35. The van der Waals surface area contributed by atoms with Crippen LogP contribution in [0.5, 0.6) is 0 Å². The van der Waals surface area contributed by atoms with Crippen LogP contribution in [-0.4, -0.2) is 20.9 Å². The van der Waals surface area contributed by atoms with Crippen molar-refractivity contribution in [2.75, 3.05) is 16.2 Å². The number of anilines is 2. The number of hydrogen-bond acceptors (Lipinski definition) is 4. The third-order valence-electron chi connectivity index (χ3n) is 4.93. The van der Waals surface area contributed by atoms with E-state index in [1.165, 1.54) is 36.0 Å². The number of hydrogen-bond donors (Lipinski definition) is 1. The third kappa shape index (κ3) is 6.18. The van der Waals surface area contributed by atoms with Crippen LogP contribution in [0.1, 0.15) is 0 Å². The van der Waals surface area contributed by atoms with Gasteiger partial charge in [-0.3, -0.25) is 9.10 Å². The molecule has 4 rings (SSSR count). The molecule has 0 atom stereocenters. The number of rotatable bonds is 8. The summed E-state index contributed by atoms with van der Waals surface area (Å²) in [6, 6.07) is 29.4. The molecule has 0 unspecified atom stereocenters. The molecule has 0 saturated heterocycles. The molecule has 0 saturated carbocycles. The maximum Gasteiger partial charge on any atom is 0.264 e. The second-order valence-corrected chi connectivity index (χ2v) is 11.2. The fourth-order valence-corrected chi connectivity index (χ4v) is 6.10. The van der Waals surface area contributed by atoms with Gasteiger partial charge >= 0.3 is 0 Å². The molecule has 4 aromatic rings. The Morgan fingerprint density at radius 3 is 2.17 bits per heavy atom. The van der Waals surface area contributed by atoms with E-state index in [-0.39, 0.29) is 15.6 Å². The van der Waals surface area contributed by atoms with E-state index in [0.29, 0.717) is 10.7 Å². The molecular formula is C26H20Cl2N2O3S2. The predicted octanol–water partition coefficient (Wildman–Crippen LogP) is 6.98. The highest BCUT2D eigenvalue weighted by Gasteiger charge is 2.29. The third-order valence-corrected chi connectivity index (χ3v) is 8.34. The summed E-state index contributed by atoms with van der Waals surface area (Å²) < 4.78 is 28.0. The lowest BCUT2D eigenvalue weighted by Gasteiger charge is -2.25. The first-order valence-corrected chi connectivity index (χ1v) is 13.5. The van der Waals surface area contributed by atoms with E-state index in [1.807, 2.05) is 42.5 Å². The van der Waals surface area contributed by atoms with Gasteiger partial charge in [0.15, 0.2) is 0 Å². The van der Waals surface area contributed by atoms with Crippen LogP contribution >= 0.6 is 35.0 Å². The van der Waals surface area contributed by atoms with Crippen LogP contribution in [0.15, 0.2) is 118 Å². The highest BCUT2D eigenvalue weighted by atomic mass is 35.5. The van der Waals surface area contributed by atoms with E-state index < -0.39 is 22.5 Å². The number of halogens is 2. The number of sulfonamides is 1. The zero-order valence-corrected chi connectivity index (χ0v) is 21.4. The number of carbonyl (C=O) groups is 1. The largest absolute Gasteiger partial charge is 0.323 e. The van der Waals surface area contributed by atoms with Gasteiger partial charge in [-0.25, -0.2) is 8.42 Å². The zero-order chi connectivity index (χ0) is 24.8. The lowest BCUT2D eigenvalue weighted by Crippen LogP contribution is -2.38. The van der Waals surface area contributed by atoms with Gasteiger partial charge in [0, 0.05) is 14.8 Å². The Bertz CT molecular complexity index is 1430. The second-order valence-electron chi connectivity index (χ2n) is 7.38. The summed E-state index contributed by atoms with van der Waals surface area (Å²) in [4.78, 5) is 15.0. The summed E-state index contributed by atoms with van der Waals surface area (Å²) in [5, 5.41) is 3.30. The Kier molecular flexibility index (Phi) is 8.03. The summed E-state index contributed by atoms with van der Waals surface area (Å²) in [7, 11) is -4.12. The molecule has 0 fully saturated rings. The minimum Gasteiger partial charge on any atom is -0.323 e. The molecule has 4 aromatic carbocycles. The van der Waals surface area contributed by atoms with Crippen LogP contribution < -0.4 is 9.62 Å². The zero-order valence-electron chi connectivity index (χ0n) is 18.3. The van der Waals surface area contributed by atoms with Crippen molar-refractivity contribution in [2.45, 2.75) is 14.7 Å². The quantitative estimate of drug-likeness (QED) is 0.261. The van der Waals surface area contributed by atoms with E-state index in [4.69, 9.17) is 23.2 Å². The molecule has 0 aliphatic rings. The number of benzene rings is 4. The van der Waals surface area contributed by atoms with Gasteiger partial charge in [0.1, 0.15) is 6.54 Å². The Morgan fingerprint density at radius 1 is 0.829 bits per heavy atom. The summed E-state index contributed by atoms with van der Waals surface area (Å²) in [6.45, 7) is -0.498. The molecule has 1 amide bonds. The average molecular weight is 543 g/mol. The van der Waals surface area contributed by atoms with Crippen molar-refractivity contribution in [2.24, 2.45) is 0 Å². The fraction of sp³-hybridized carbons (Fsp3) is 0.0385. The van der Waals surface area contributed by atoms with Gasteiger partial charge in [0.05, 0.1) is 21.3 Å². The van der Waals surface area contributed by atoms with Crippen molar-refractivity contribution in [1.82, 2.24) is 0 Å². The molecule has 178 valence electrons. The SMILES string of the molecule is O=C(CN(c1cc(Cl)ccc1Cl)S(=O)(=O)c1ccccc1)Nc1ccccc1Sc1ccccc1. The minimum absolute atomic E-state index is 0.0314. The van der Waals surface area contributed by atoms with Gasteiger partial charge < -0.3 is 5.32 Å². The summed E-state index contributed by atoms with van der Waals surface area (Å²) >= 11 is 14.0. The molecule has 0 radical (unpaired) electrons. The Balaban J connectivity index is 1.65. The van der Waals surface area contributed by atoms with Gasteiger partial charge in [-0.2, -0.15) is 0 Å². The van der Waals surface area contributed by atoms with Crippen molar-refractivity contribution in [3.63, 3.8) is 0 Å². The van der Waals surface area contributed by atoms with Crippen molar-refractivity contribution < 1.29 is 13.2 Å². The topological polar surface area (TPSA) is 66.5 Å². The average Bonchev–Trinajstić information content (AvgIpc) is 2.86. The van der Waals surface area contributed by atoms with Crippen LogP contribution in [-0.2, 0) is 14.8 Å². The first-order chi connectivity index (χ1) is 16.8. The van der Waals surface area contributed by atoms with Crippen molar-refractivity contribution in [3.05, 3.63) is 113 Å². The van der Waals surface area contributed by atoms with Crippen LogP contribution in [0, 0.1) is 0 Å². The second kappa shape index (κ2) is 11.2. The van der Waals surface area contributed by atoms with E-state index in [1.54, 1.807) is 36.4 Å².